The Labute approximate surface area is 67.0 Å². The molecule has 0 saturated heterocycles. The normalized spacial score (nSPS) is 29.9. The summed E-state index contributed by atoms with van der Waals surface area (Å²) in [5, 5.41) is 6.78. The lowest BCUT2D eigenvalue weighted by Crippen LogP contribution is -2.24. The van der Waals surface area contributed by atoms with Crippen molar-refractivity contribution in [2.75, 3.05) is 0 Å². The van der Waals surface area contributed by atoms with Gasteiger partial charge in [0.25, 0.3) is 0 Å². The van der Waals surface area contributed by atoms with Gasteiger partial charge in [0, 0.05) is 6.20 Å². The molecule has 11 heavy (non-hydrogen) atoms. The van der Waals surface area contributed by atoms with Crippen molar-refractivity contribution in [2.24, 2.45) is 11.8 Å². The molecule has 1 aromatic heterocycles. The monoisotopic (exact) mass is 150 g/mol. The molecular weight excluding hydrogens is 136 g/mol. The van der Waals surface area contributed by atoms with Gasteiger partial charge in [-0.25, -0.2) is 0 Å². The summed E-state index contributed by atoms with van der Waals surface area (Å²) in [6.07, 6.45) is 7.99. The maximum Gasteiger partial charge on any atom is 0.0519 e. The van der Waals surface area contributed by atoms with E-state index in [-0.39, 0.29) is 0 Å². The van der Waals surface area contributed by atoms with Crippen LogP contribution < -0.4 is 0 Å². The maximum atomic E-state index is 3.93. The first-order chi connectivity index (χ1) is 5.36. The number of hydrogen-bond donors (Lipinski definition) is 1. The van der Waals surface area contributed by atoms with Gasteiger partial charge in [0.15, 0.2) is 0 Å². The van der Waals surface area contributed by atoms with Gasteiger partial charge >= 0.3 is 0 Å². The second-order valence-corrected chi connectivity index (χ2v) is 3.63. The van der Waals surface area contributed by atoms with E-state index in [1.165, 1.54) is 24.8 Å². The van der Waals surface area contributed by atoms with Crippen LogP contribution in [0.3, 0.4) is 0 Å². The van der Waals surface area contributed by atoms with Gasteiger partial charge < -0.3 is 0 Å². The second kappa shape index (κ2) is 2.68. The van der Waals surface area contributed by atoms with Crippen LogP contribution in [0.25, 0.3) is 0 Å². The highest BCUT2D eigenvalue weighted by molar-refractivity contribution is 5.05. The zero-order valence-electron chi connectivity index (χ0n) is 6.88. The van der Waals surface area contributed by atoms with E-state index in [0.29, 0.717) is 0 Å². The van der Waals surface area contributed by atoms with Crippen molar-refractivity contribution in [2.45, 2.75) is 26.2 Å². The smallest absolute Gasteiger partial charge is 0.0519 e. The number of aromatic nitrogens is 2. The zero-order chi connectivity index (χ0) is 7.68. The SMILES string of the molecule is CC1CCC1Cc1cn[nH]c1. The minimum atomic E-state index is 0.924. The van der Waals surface area contributed by atoms with Crippen molar-refractivity contribution < 1.29 is 0 Å². The highest BCUT2D eigenvalue weighted by Crippen LogP contribution is 2.35. The van der Waals surface area contributed by atoms with Gasteiger partial charge in [0.1, 0.15) is 0 Å². The minimum Gasteiger partial charge on any atom is -0.285 e. The Morgan fingerprint density at radius 2 is 2.55 bits per heavy atom. The molecule has 1 aliphatic rings. The third-order valence-corrected chi connectivity index (χ3v) is 2.85. The highest BCUT2D eigenvalue weighted by atomic mass is 15.1. The second-order valence-electron chi connectivity index (χ2n) is 3.63. The summed E-state index contributed by atoms with van der Waals surface area (Å²) in [7, 11) is 0. The van der Waals surface area contributed by atoms with Crippen LogP contribution >= 0.6 is 0 Å². The molecule has 2 heteroatoms. The van der Waals surface area contributed by atoms with E-state index < -0.39 is 0 Å². The van der Waals surface area contributed by atoms with Crippen molar-refractivity contribution in [1.82, 2.24) is 10.2 Å². The van der Waals surface area contributed by atoms with Gasteiger partial charge in [-0.3, -0.25) is 5.10 Å². The molecule has 1 aliphatic carbocycles. The van der Waals surface area contributed by atoms with Gasteiger partial charge in [-0.05, 0) is 30.2 Å². The molecule has 1 saturated carbocycles. The van der Waals surface area contributed by atoms with E-state index in [1.807, 2.05) is 12.4 Å². The van der Waals surface area contributed by atoms with Crippen LogP contribution in [-0.2, 0) is 6.42 Å². The number of aromatic amines is 1. The number of H-pyrrole nitrogens is 1. The number of nitrogens with one attached hydrogen (secondary N) is 1. The number of hydrogen-bond acceptors (Lipinski definition) is 1. The molecule has 1 aromatic rings. The average Bonchev–Trinajstić information content (AvgIpc) is 2.49. The van der Waals surface area contributed by atoms with Crippen LogP contribution in [-0.4, -0.2) is 10.2 Å². The van der Waals surface area contributed by atoms with Gasteiger partial charge in [-0.15, -0.1) is 0 Å². The van der Waals surface area contributed by atoms with Crippen molar-refractivity contribution in [3.63, 3.8) is 0 Å². The van der Waals surface area contributed by atoms with Gasteiger partial charge in [-0.2, -0.15) is 5.10 Å². The summed E-state index contributed by atoms with van der Waals surface area (Å²) < 4.78 is 0. The van der Waals surface area contributed by atoms with Crippen molar-refractivity contribution in [1.29, 1.82) is 0 Å². The van der Waals surface area contributed by atoms with Crippen LogP contribution in [0.5, 0.6) is 0 Å². The Bertz CT molecular complexity index is 215. The molecule has 1 fully saturated rings. The fourth-order valence-electron chi connectivity index (χ4n) is 1.73. The van der Waals surface area contributed by atoms with E-state index in [0.717, 1.165) is 11.8 Å². The van der Waals surface area contributed by atoms with Crippen LogP contribution in [0.1, 0.15) is 25.3 Å². The standard InChI is InChI=1S/C9H14N2/c1-7-2-3-9(7)4-8-5-10-11-6-8/h5-7,9H,2-4H2,1H3,(H,10,11). The molecule has 0 aromatic carbocycles. The Hall–Kier alpha value is -0.790. The average molecular weight is 150 g/mol. The first kappa shape index (κ1) is 6.89. The first-order valence-corrected chi connectivity index (χ1v) is 4.34. The van der Waals surface area contributed by atoms with Crippen LogP contribution in [0, 0.1) is 11.8 Å². The van der Waals surface area contributed by atoms with E-state index in [4.69, 9.17) is 0 Å². The molecule has 2 rings (SSSR count). The van der Waals surface area contributed by atoms with Gasteiger partial charge in [0.2, 0.25) is 0 Å². The lowest BCUT2D eigenvalue weighted by atomic mass is 9.72. The molecule has 2 unspecified atom stereocenters. The molecule has 1 heterocycles. The first-order valence-electron chi connectivity index (χ1n) is 4.34. The summed E-state index contributed by atoms with van der Waals surface area (Å²) in [6, 6.07) is 0. The van der Waals surface area contributed by atoms with E-state index in [1.54, 1.807) is 0 Å². The Morgan fingerprint density at radius 3 is 3.00 bits per heavy atom. The number of nitrogens with zero attached hydrogens (tertiary/aromatic N) is 1. The van der Waals surface area contributed by atoms with Gasteiger partial charge in [-0.1, -0.05) is 13.3 Å². The van der Waals surface area contributed by atoms with Gasteiger partial charge in [0.05, 0.1) is 6.20 Å². The topological polar surface area (TPSA) is 28.7 Å². The summed E-state index contributed by atoms with van der Waals surface area (Å²) in [6.45, 7) is 2.34. The third-order valence-electron chi connectivity index (χ3n) is 2.85. The molecule has 2 nitrogen and oxygen atoms in total. The summed E-state index contributed by atoms with van der Waals surface area (Å²) in [4.78, 5) is 0. The maximum absolute atomic E-state index is 3.93. The van der Waals surface area contributed by atoms with Crippen LogP contribution in [0.15, 0.2) is 12.4 Å². The van der Waals surface area contributed by atoms with Crippen LogP contribution in [0.2, 0.25) is 0 Å². The Morgan fingerprint density at radius 1 is 1.64 bits per heavy atom. The molecule has 0 radical (unpaired) electrons. The summed E-state index contributed by atoms with van der Waals surface area (Å²) in [5.41, 5.74) is 1.36. The zero-order valence-corrected chi connectivity index (χ0v) is 6.88. The van der Waals surface area contributed by atoms with E-state index in [9.17, 15) is 0 Å². The lowest BCUT2D eigenvalue weighted by molar-refractivity contribution is 0.196. The molecule has 1 N–H and O–H groups in total. The fraction of sp³-hybridized carbons (Fsp3) is 0.667. The fourth-order valence-corrected chi connectivity index (χ4v) is 1.73. The van der Waals surface area contributed by atoms with Crippen molar-refractivity contribution in [3.8, 4) is 0 Å². The van der Waals surface area contributed by atoms with Crippen molar-refractivity contribution in [3.05, 3.63) is 18.0 Å². The van der Waals surface area contributed by atoms with Crippen LogP contribution in [0.4, 0.5) is 0 Å². The molecule has 0 spiro atoms. The third kappa shape index (κ3) is 1.30. The lowest BCUT2D eigenvalue weighted by Gasteiger charge is -2.33. The highest BCUT2D eigenvalue weighted by Gasteiger charge is 2.26. The van der Waals surface area contributed by atoms with Crippen molar-refractivity contribution >= 4 is 0 Å². The predicted molar refractivity (Wildman–Crippen MR) is 44.2 cm³/mol. The van der Waals surface area contributed by atoms with E-state index >= 15 is 0 Å². The largest absolute Gasteiger partial charge is 0.285 e. The summed E-state index contributed by atoms with van der Waals surface area (Å²) >= 11 is 0. The molecule has 2 atom stereocenters. The molecule has 0 aliphatic heterocycles. The summed E-state index contributed by atoms with van der Waals surface area (Å²) in [5.74, 6) is 1.86. The van der Waals surface area contributed by atoms with E-state index in [2.05, 4.69) is 17.1 Å². The predicted octanol–water partition coefficient (Wildman–Crippen LogP) is 2.00. The molecule has 0 amide bonds. The Balaban J connectivity index is 1.91. The quantitative estimate of drug-likeness (QED) is 0.686. The molecule has 60 valence electrons. The number of rotatable bonds is 2. The minimum absolute atomic E-state index is 0.924. The Kier molecular flexibility index (Phi) is 1.68. The molecular formula is C9H14N2. The molecule has 0 bridgehead atoms.